The third kappa shape index (κ3) is 3.39. The van der Waals surface area contributed by atoms with Crippen LogP contribution in [0.5, 0.6) is 5.75 Å². The molecular weight excluding hydrogens is 284 g/mol. The maximum atomic E-state index is 12.0. The van der Waals surface area contributed by atoms with Crippen molar-refractivity contribution in [3.8, 4) is 5.75 Å². The van der Waals surface area contributed by atoms with Crippen LogP contribution in [0.2, 0.25) is 0 Å². The summed E-state index contributed by atoms with van der Waals surface area (Å²) < 4.78 is 5.03. The number of nitrogens with one attached hydrogen (secondary N) is 1. The van der Waals surface area contributed by atoms with Crippen molar-refractivity contribution in [3.05, 3.63) is 33.9 Å². The lowest BCUT2D eigenvalue weighted by molar-refractivity contribution is -0.384. The predicted octanol–water partition coefficient (Wildman–Crippen LogP) is 2.35. The first-order valence-corrected chi connectivity index (χ1v) is 6.71. The number of hydrogen-bond donors (Lipinski definition) is 1. The van der Waals surface area contributed by atoms with Gasteiger partial charge >= 0.3 is 0 Å². The van der Waals surface area contributed by atoms with Crippen LogP contribution >= 0.6 is 11.6 Å². The van der Waals surface area contributed by atoms with Gasteiger partial charge < -0.3 is 10.1 Å². The molecule has 0 aliphatic heterocycles. The summed E-state index contributed by atoms with van der Waals surface area (Å²) in [6, 6.07) is 3.89. The molecule has 20 heavy (non-hydrogen) atoms. The van der Waals surface area contributed by atoms with Crippen LogP contribution in [0.1, 0.15) is 23.2 Å². The number of nitro benzene ring substituents is 1. The molecule has 1 atom stereocenters. The minimum absolute atomic E-state index is 0.0667. The standard InChI is InChI=1S/C13H15ClN2O4/c1-20-12-6-9(16(18)19)4-5-10(12)13(17)15-7-11(14)8-2-3-8/h4-6,8,11H,2-3,7H2,1H3,(H,15,17). The molecule has 0 spiro atoms. The molecule has 1 fully saturated rings. The van der Waals surface area contributed by atoms with Crippen LogP contribution in [0.4, 0.5) is 5.69 Å². The van der Waals surface area contributed by atoms with E-state index in [1.807, 2.05) is 0 Å². The summed E-state index contributed by atoms with van der Waals surface area (Å²) in [6.07, 6.45) is 2.20. The Labute approximate surface area is 121 Å². The average Bonchev–Trinajstić information content (AvgIpc) is 3.28. The summed E-state index contributed by atoms with van der Waals surface area (Å²) >= 11 is 6.11. The Balaban J connectivity index is 2.06. The monoisotopic (exact) mass is 298 g/mol. The van der Waals surface area contributed by atoms with Gasteiger partial charge in [-0.15, -0.1) is 11.6 Å². The summed E-state index contributed by atoms with van der Waals surface area (Å²) in [5.74, 6) is 0.313. The van der Waals surface area contributed by atoms with E-state index in [1.165, 1.54) is 25.3 Å². The quantitative estimate of drug-likeness (QED) is 0.496. The highest BCUT2D eigenvalue weighted by Crippen LogP contribution is 2.35. The van der Waals surface area contributed by atoms with Crippen molar-refractivity contribution in [2.45, 2.75) is 18.2 Å². The average molecular weight is 299 g/mol. The second-order valence-corrected chi connectivity index (χ2v) is 5.27. The first-order valence-electron chi connectivity index (χ1n) is 6.27. The fraction of sp³-hybridized carbons (Fsp3) is 0.462. The highest BCUT2D eigenvalue weighted by atomic mass is 35.5. The summed E-state index contributed by atoms with van der Waals surface area (Å²) in [5.41, 5.74) is 0.143. The number of nitrogens with zero attached hydrogens (tertiary/aromatic N) is 1. The minimum atomic E-state index is -0.536. The fourth-order valence-corrected chi connectivity index (χ4v) is 2.22. The number of benzene rings is 1. The Kier molecular flexibility index (Phi) is 4.44. The van der Waals surface area contributed by atoms with Crippen LogP contribution in [-0.2, 0) is 0 Å². The maximum absolute atomic E-state index is 12.0. The van der Waals surface area contributed by atoms with Crippen LogP contribution in [0.25, 0.3) is 0 Å². The number of carbonyl (C=O) groups excluding carboxylic acids is 1. The van der Waals surface area contributed by atoms with Gasteiger partial charge in [0, 0.05) is 12.6 Å². The number of hydrogen-bond acceptors (Lipinski definition) is 4. The van der Waals surface area contributed by atoms with Gasteiger partial charge in [-0.2, -0.15) is 0 Å². The number of rotatable bonds is 6. The lowest BCUT2D eigenvalue weighted by Gasteiger charge is -2.11. The molecule has 1 aromatic carbocycles. The second-order valence-electron chi connectivity index (χ2n) is 4.71. The van der Waals surface area contributed by atoms with Gasteiger partial charge in [-0.05, 0) is 24.8 Å². The molecule has 6 nitrogen and oxygen atoms in total. The van der Waals surface area contributed by atoms with Gasteiger partial charge in [0.05, 0.1) is 29.0 Å². The van der Waals surface area contributed by atoms with Crippen molar-refractivity contribution in [3.63, 3.8) is 0 Å². The summed E-state index contributed by atoms with van der Waals surface area (Å²) in [5, 5.41) is 13.3. The maximum Gasteiger partial charge on any atom is 0.273 e. The Morgan fingerprint density at radius 1 is 1.60 bits per heavy atom. The molecule has 0 bridgehead atoms. The van der Waals surface area contributed by atoms with Crippen molar-refractivity contribution in [1.29, 1.82) is 0 Å². The van der Waals surface area contributed by atoms with E-state index in [0.717, 1.165) is 12.8 Å². The van der Waals surface area contributed by atoms with E-state index >= 15 is 0 Å². The number of non-ortho nitro benzene ring substituents is 1. The van der Waals surface area contributed by atoms with E-state index in [0.29, 0.717) is 12.5 Å². The number of amides is 1. The van der Waals surface area contributed by atoms with Crippen molar-refractivity contribution in [2.24, 2.45) is 5.92 Å². The van der Waals surface area contributed by atoms with Gasteiger partial charge in [-0.1, -0.05) is 0 Å². The predicted molar refractivity (Wildman–Crippen MR) is 74.3 cm³/mol. The Morgan fingerprint density at radius 2 is 2.30 bits per heavy atom. The zero-order valence-electron chi connectivity index (χ0n) is 11.0. The molecule has 1 aromatic rings. The first-order chi connectivity index (χ1) is 9.52. The SMILES string of the molecule is COc1cc([N+](=O)[O-])ccc1C(=O)NCC(Cl)C1CC1. The van der Waals surface area contributed by atoms with Crippen LogP contribution in [0.15, 0.2) is 18.2 Å². The number of nitro groups is 1. The van der Waals surface area contributed by atoms with Gasteiger partial charge in [-0.25, -0.2) is 0 Å². The smallest absolute Gasteiger partial charge is 0.273 e. The molecule has 7 heteroatoms. The molecule has 1 aliphatic carbocycles. The van der Waals surface area contributed by atoms with Crippen LogP contribution < -0.4 is 10.1 Å². The van der Waals surface area contributed by atoms with Gasteiger partial charge in [0.15, 0.2) is 0 Å². The van der Waals surface area contributed by atoms with Crippen LogP contribution in [0, 0.1) is 16.0 Å². The molecule has 1 saturated carbocycles. The van der Waals surface area contributed by atoms with E-state index < -0.39 is 4.92 Å². The third-order valence-electron chi connectivity index (χ3n) is 3.23. The van der Waals surface area contributed by atoms with E-state index in [1.54, 1.807) is 0 Å². The van der Waals surface area contributed by atoms with Crippen LogP contribution in [0.3, 0.4) is 0 Å². The molecule has 0 saturated heterocycles. The number of carbonyl (C=O) groups is 1. The molecular formula is C13H15ClN2O4. The summed E-state index contributed by atoms with van der Waals surface area (Å²) in [4.78, 5) is 22.2. The molecule has 2 rings (SSSR count). The highest BCUT2D eigenvalue weighted by molar-refractivity contribution is 6.21. The molecule has 108 valence electrons. The zero-order valence-corrected chi connectivity index (χ0v) is 11.7. The van der Waals surface area contributed by atoms with E-state index in [4.69, 9.17) is 16.3 Å². The second kappa shape index (κ2) is 6.09. The van der Waals surface area contributed by atoms with E-state index in [9.17, 15) is 14.9 Å². The highest BCUT2D eigenvalue weighted by Gasteiger charge is 2.30. The molecule has 0 heterocycles. The van der Waals surface area contributed by atoms with Gasteiger partial charge in [-0.3, -0.25) is 14.9 Å². The lowest BCUT2D eigenvalue weighted by Crippen LogP contribution is -2.30. The van der Waals surface area contributed by atoms with Crippen molar-refractivity contribution in [1.82, 2.24) is 5.32 Å². The minimum Gasteiger partial charge on any atom is -0.496 e. The molecule has 1 aliphatic rings. The van der Waals surface area contributed by atoms with Crippen molar-refractivity contribution < 1.29 is 14.5 Å². The van der Waals surface area contributed by atoms with Crippen LogP contribution in [-0.4, -0.2) is 29.9 Å². The lowest BCUT2D eigenvalue weighted by atomic mass is 10.1. The largest absolute Gasteiger partial charge is 0.496 e. The zero-order chi connectivity index (χ0) is 14.7. The molecule has 1 unspecified atom stereocenters. The summed E-state index contributed by atoms with van der Waals surface area (Å²) in [6.45, 7) is 0.380. The van der Waals surface area contributed by atoms with Crippen molar-refractivity contribution in [2.75, 3.05) is 13.7 Å². The summed E-state index contributed by atoms with van der Waals surface area (Å²) in [7, 11) is 1.37. The van der Waals surface area contributed by atoms with Gasteiger partial charge in [0.1, 0.15) is 5.75 Å². The van der Waals surface area contributed by atoms with Gasteiger partial charge in [0.2, 0.25) is 0 Å². The molecule has 0 radical (unpaired) electrons. The number of ether oxygens (including phenoxy) is 1. The number of alkyl halides is 1. The molecule has 1 amide bonds. The number of halogens is 1. The number of methoxy groups -OCH3 is 1. The topological polar surface area (TPSA) is 81.5 Å². The first kappa shape index (κ1) is 14.6. The Morgan fingerprint density at radius 3 is 2.85 bits per heavy atom. The molecule has 0 aromatic heterocycles. The van der Waals surface area contributed by atoms with Gasteiger partial charge in [0.25, 0.3) is 11.6 Å². The normalized spacial score (nSPS) is 15.5. The van der Waals surface area contributed by atoms with E-state index in [-0.39, 0.29) is 28.3 Å². The Hall–Kier alpha value is -1.82. The van der Waals surface area contributed by atoms with Crippen molar-refractivity contribution >= 4 is 23.2 Å². The fourth-order valence-electron chi connectivity index (χ4n) is 1.89. The van der Waals surface area contributed by atoms with E-state index in [2.05, 4.69) is 5.32 Å². The third-order valence-corrected chi connectivity index (χ3v) is 3.74. The Bertz CT molecular complexity index is 531. The molecule has 1 N–H and O–H groups in total.